The van der Waals surface area contributed by atoms with Gasteiger partial charge in [0.15, 0.2) is 0 Å². The van der Waals surface area contributed by atoms with Crippen molar-refractivity contribution in [3.63, 3.8) is 0 Å². The van der Waals surface area contributed by atoms with Gasteiger partial charge in [-0.2, -0.15) is 0 Å². The first-order chi connectivity index (χ1) is 14.0. The molecule has 160 valence electrons. The Kier molecular flexibility index (Phi) is 8.04. The number of likely N-dealkylation sites (tertiary alicyclic amines) is 1. The molecule has 0 bridgehead atoms. The van der Waals surface area contributed by atoms with Gasteiger partial charge in [-0.3, -0.25) is 14.5 Å². The average Bonchev–Trinajstić information content (AvgIpc) is 2.71. The van der Waals surface area contributed by atoms with E-state index in [0.29, 0.717) is 37.0 Å². The van der Waals surface area contributed by atoms with Gasteiger partial charge in [-0.15, -0.1) is 0 Å². The molecule has 1 aliphatic carbocycles. The number of hydrogen-bond donors (Lipinski definition) is 2. The minimum absolute atomic E-state index is 0.0201. The van der Waals surface area contributed by atoms with Gasteiger partial charge >= 0.3 is 0 Å². The lowest BCUT2D eigenvalue weighted by molar-refractivity contribution is -0.127. The number of piperidine rings is 1. The van der Waals surface area contributed by atoms with Crippen LogP contribution in [0.2, 0.25) is 0 Å². The van der Waals surface area contributed by atoms with Gasteiger partial charge in [-0.25, -0.2) is 4.39 Å². The molecule has 1 aromatic carbocycles. The van der Waals surface area contributed by atoms with E-state index in [9.17, 15) is 14.0 Å². The predicted octanol–water partition coefficient (Wildman–Crippen LogP) is 2.89. The fraction of sp³-hybridized carbons (Fsp3) is 0.652. The summed E-state index contributed by atoms with van der Waals surface area (Å²) >= 11 is 0. The van der Waals surface area contributed by atoms with Gasteiger partial charge in [0, 0.05) is 18.5 Å². The fourth-order valence-electron chi connectivity index (χ4n) is 4.51. The number of rotatable bonds is 7. The van der Waals surface area contributed by atoms with Crippen LogP contribution in [0.5, 0.6) is 0 Å². The standard InChI is InChI=1S/C23H34FN3O2/c1-17-6-2-5-9-21(17)26-22(28)16-27-14-11-19(12-15-27)23(29)25-13-10-18-7-3-4-8-20(18)24/h3-4,7-8,17,19,21H,2,5-6,9-16H2,1H3,(H,25,29)(H,26,28)/t17-,21-/m0/s1. The smallest absolute Gasteiger partial charge is 0.234 e. The van der Waals surface area contributed by atoms with E-state index >= 15 is 0 Å². The van der Waals surface area contributed by atoms with Gasteiger partial charge in [0.2, 0.25) is 11.8 Å². The molecular weight excluding hydrogens is 369 g/mol. The Morgan fingerprint density at radius 3 is 2.55 bits per heavy atom. The number of carbonyl (C=O) groups is 2. The van der Waals surface area contributed by atoms with Crippen LogP contribution in [-0.4, -0.2) is 48.9 Å². The Bertz CT molecular complexity index is 688. The van der Waals surface area contributed by atoms with Crippen LogP contribution in [0, 0.1) is 17.7 Å². The molecule has 2 fully saturated rings. The molecule has 2 aliphatic rings. The third-order valence-electron chi connectivity index (χ3n) is 6.43. The minimum Gasteiger partial charge on any atom is -0.356 e. The summed E-state index contributed by atoms with van der Waals surface area (Å²) in [5.74, 6) is 0.466. The van der Waals surface area contributed by atoms with Crippen molar-refractivity contribution in [2.45, 2.75) is 57.9 Å². The molecule has 0 aromatic heterocycles. The van der Waals surface area contributed by atoms with Crippen LogP contribution in [0.25, 0.3) is 0 Å². The number of halogens is 1. The highest BCUT2D eigenvalue weighted by molar-refractivity contribution is 5.79. The van der Waals surface area contributed by atoms with Crippen LogP contribution in [0.1, 0.15) is 51.0 Å². The molecule has 2 amide bonds. The van der Waals surface area contributed by atoms with E-state index in [0.717, 1.165) is 32.4 Å². The number of amides is 2. The number of nitrogens with zero attached hydrogens (tertiary/aromatic N) is 1. The number of benzene rings is 1. The molecule has 0 spiro atoms. The van der Waals surface area contributed by atoms with Crippen molar-refractivity contribution < 1.29 is 14.0 Å². The van der Waals surface area contributed by atoms with E-state index in [1.165, 1.54) is 25.3 Å². The topological polar surface area (TPSA) is 61.4 Å². The molecular formula is C23H34FN3O2. The van der Waals surface area contributed by atoms with Gasteiger partial charge in [-0.05, 0) is 62.7 Å². The van der Waals surface area contributed by atoms with Crippen molar-refractivity contribution in [2.75, 3.05) is 26.2 Å². The van der Waals surface area contributed by atoms with Crippen LogP contribution in [0.4, 0.5) is 4.39 Å². The van der Waals surface area contributed by atoms with E-state index in [1.807, 2.05) is 0 Å². The molecule has 29 heavy (non-hydrogen) atoms. The molecule has 0 unspecified atom stereocenters. The molecule has 6 heteroatoms. The van der Waals surface area contributed by atoms with Crippen molar-refractivity contribution in [1.82, 2.24) is 15.5 Å². The maximum Gasteiger partial charge on any atom is 0.234 e. The normalized spacial score (nSPS) is 23.5. The Hall–Kier alpha value is -1.95. The zero-order valence-corrected chi connectivity index (χ0v) is 17.5. The van der Waals surface area contributed by atoms with Crippen molar-refractivity contribution in [3.8, 4) is 0 Å². The van der Waals surface area contributed by atoms with Crippen LogP contribution in [0.3, 0.4) is 0 Å². The lowest BCUT2D eigenvalue weighted by atomic mass is 9.86. The number of hydrogen-bond acceptors (Lipinski definition) is 3. The second-order valence-corrected chi connectivity index (χ2v) is 8.62. The summed E-state index contributed by atoms with van der Waals surface area (Å²) in [4.78, 5) is 26.9. The fourth-order valence-corrected chi connectivity index (χ4v) is 4.51. The van der Waals surface area contributed by atoms with Gasteiger partial charge in [-0.1, -0.05) is 38.0 Å². The minimum atomic E-state index is -0.226. The first-order valence-electron chi connectivity index (χ1n) is 11.1. The summed E-state index contributed by atoms with van der Waals surface area (Å²) in [5, 5.41) is 6.15. The molecule has 2 N–H and O–H groups in total. The van der Waals surface area contributed by atoms with E-state index in [4.69, 9.17) is 0 Å². The van der Waals surface area contributed by atoms with Gasteiger partial charge in [0.1, 0.15) is 5.82 Å². The third-order valence-corrected chi connectivity index (χ3v) is 6.43. The number of nitrogens with one attached hydrogen (secondary N) is 2. The summed E-state index contributed by atoms with van der Waals surface area (Å²) in [6, 6.07) is 6.98. The molecule has 1 saturated heterocycles. The van der Waals surface area contributed by atoms with Crippen molar-refractivity contribution in [1.29, 1.82) is 0 Å². The van der Waals surface area contributed by atoms with Crippen LogP contribution in [0.15, 0.2) is 24.3 Å². The Labute approximate surface area is 173 Å². The highest BCUT2D eigenvalue weighted by Gasteiger charge is 2.27. The predicted molar refractivity (Wildman–Crippen MR) is 112 cm³/mol. The van der Waals surface area contributed by atoms with Crippen molar-refractivity contribution >= 4 is 11.8 Å². The molecule has 3 rings (SSSR count). The summed E-state index contributed by atoms with van der Waals surface area (Å²) in [6.45, 7) is 4.62. The number of carbonyl (C=O) groups excluding carboxylic acids is 2. The Balaban J connectivity index is 1.33. The average molecular weight is 404 g/mol. The van der Waals surface area contributed by atoms with E-state index in [-0.39, 0.29) is 23.5 Å². The second-order valence-electron chi connectivity index (χ2n) is 8.62. The highest BCUT2D eigenvalue weighted by Crippen LogP contribution is 2.24. The largest absolute Gasteiger partial charge is 0.356 e. The first-order valence-corrected chi connectivity index (χ1v) is 11.1. The maximum absolute atomic E-state index is 13.6. The van der Waals surface area contributed by atoms with Crippen molar-refractivity contribution in [2.24, 2.45) is 11.8 Å². The third kappa shape index (κ3) is 6.53. The summed E-state index contributed by atoms with van der Waals surface area (Å²) in [6.07, 6.45) is 6.77. The van der Waals surface area contributed by atoms with Crippen LogP contribution < -0.4 is 10.6 Å². The highest BCUT2D eigenvalue weighted by atomic mass is 19.1. The monoisotopic (exact) mass is 403 g/mol. The van der Waals surface area contributed by atoms with E-state index in [2.05, 4.69) is 22.5 Å². The zero-order chi connectivity index (χ0) is 20.6. The second kappa shape index (κ2) is 10.7. The van der Waals surface area contributed by atoms with Gasteiger partial charge < -0.3 is 10.6 Å². The molecule has 2 atom stereocenters. The summed E-state index contributed by atoms with van der Waals surface area (Å²) in [7, 11) is 0. The molecule has 1 heterocycles. The molecule has 1 saturated carbocycles. The van der Waals surface area contributed by atoms with Gasteiger partial charge in [0.25, 0.3) is 0 Å². The van der Waals surface area contributed by atoms with Gasteiger partial charge in [0.05, 0.1) is 6.54 Å². The lowest BCUT2D eigenvalue weighted by Gasteiger charge is -2.33. The SMILES string of the molecule is C[C@H]1CCCC[C@@H]1NC(=O)CN1CCC(C(=O)NCCc2ccccc2F)CC1. The first kappa shape index (κ1) is 21.8. The molecule has 5 nitrogen and oxygen atoms in total. The maximum atomic E-state index is 13.6. The van der Waals surface area contributed by atoms with Crippen LogP contribution >= 0.6 is 0 Å². The molecule has 1 aromatic rings. The van der Waals surface area contributed by atoms with Crippen molar-refractivity contribution in [3.05, 3.63) is 35.6 Å². The molecule has 1 aliphatic heterocycles. The zero-order valence-electron chi connectivity index (χ0n) is 17.5. The van der Waals surface area contributed by atoms with E-state index in [1.54, 1.807) is 18.2 Å². The Morgan fingerprint density at radius 1 is 1.10 bits per heavy atom. The summed E-state index contributed by atoms with van der Waals surface area (Å²) in [5.41, 5.74) is 0.626. The molecule has 0 radical (unpaired) electrons. The Morgan fingerprint density at radius 2 is 1.83 bits per heavy atom. The lowest BCUT2D eigenvalue weighted by Crippen LogP contribution is -2.48. The summed E-state index contributed by atoms with van der Waals surface area (Å²) < 4.78 is 13.6. The van der Waals surface area contributed by atoms with E-state index < -0.39 is 0 Å². The van der Waals surface area contributed by atoms with Crippen LogP contribution in [-0.2, 0) is 16.0 Å². The quantitative estimate of drug-likeness (QED) is 0.736.